The molecule has 1 amide bonds. The molecule has 0 saturated heterocycles. The van der Waals surface area contributed by atoms with E-state index < -0.39 is 27.0 Å². The van der Waals surface area contributed by atoms with Gasteiger partial charge in [0.05, 0.1) is 5.54 Å². The van der Waals surface area contributed by atoms with Crippen molar-refractivity contribution in [2.45, 2.75) is 12.5 Å². The van der Waals surface area contributed by atoms with E-state index in [9.17, 15) is 13.2 Å². The molecule has 0 aliphatic carbocycles. The molecule has 0 spiro atoms. The van der Waals surface area contributed by atoms with E-state index in [2.05, 4.69) is 5.32 Å². The standard InChI is InChI=1S/C7H13Cl2NO3S/c1-7(4-8,5-9)10-6(11)3-14(2,12)13/h3-5H2,1-2H3,(H,10,11). The number of sulfone groups is 1. The maximum absolute atomic E-state index is 11.2. The summed E-state index contributed by atoms with van der Waals surface area (Å²) in [5.41, 5.74) is -0.759. The number of alkyl halides is 2. The lowest BCUT2D eigenvalue weighted by Gasteiger charge is -2.25. The van der Waals surface area contributed by atoms with Crippen LogP contribution in [0.2, 0.25) is 0 Å². The van der Waals surface area contributed by atoms with E-state index in [0.717, 1.165) is 6.26 Å². The topological polar surface area (TPSA) is 63.2 Å². The first-order chi connectivity index (χ1) is 6.22. The lowest BCUT2D eigenvalue weighted by atomic mass is 10.1. The van der Waals surface area contributed by atoms with Crippen LogP contribution in [-0.2, 0) is 14.6 Å². The highest BCUT2D eigenvalue weighted by molar-refractivity contribution is 7.91. The summed E-state index contributed by atoms with van der Waals surface area (Å²) < 4.78 is 21.6. The molecule has 4 nitrogen and oxygen atoms in total. The van der Waals surface area contributed by atoms with Crippen molar-refractivity contribution in [1.29, 1.82) is 0 Å². The number of amides is 1. The van der Waals surface area contributed by atoms with Gasteiger partial charge in [0.2, 0.25) is 5.91 Å². The van der Waals surface area contributed by atoms with E-state index in [0.29, 0.717) is 0 Å². The van der Waals surface area contributed by atoms with Crippen LogP contribution in [0.4, 0.5) is 0 Å². The van der Waals surface area contributed by atoms with Crippen LogP contribution in [-0.4, -0.2) is 43.6 Å². The summed E-state index contributed by atoms with van der Waals surface area (Å²) in [7, 11) is -3.31. The quantitative estimate of drug-likeness (QED) is 0.729. The van der Waals surface area contributed by atoms with Gasteiger partial charge >= 0.3 is 0 Å². The summed E-state index contributed by atoms with van der Waals surface area (Å²) in [5, 5.41) is 2.47. The van der Waals surface area contributed by atoms with Crippen LogP contribution in [0.15, 0.2) is 0 Å². The predicted molar refractivity (Wildman–Crippen MR) is 57.7 cm³/mol. The molecule has 0 aromatic rings. The Balaban J connectivity index is 4.32. The van der Waals surface area contributed by atoms with Crippen molar-refractivity contribution >= 4 is 38.9 Å². The molecule has 0 aliphatic heterocycles. The second kappa shape index (κ2) is 5.19. The fourth-order valence-corrected chi connectivity index (χ4v) is 1.68. The van der Waals surface area contributed by atoms with E-state index in [1.54, 1.807) is 6.92 Å². The second-order valence-corrected chi connectivity index (χ2v) is 6.12. The van der Waals surface area contributed by atoms with Gasteiger partial charge in [-0.2, -0.15) is 0 Å². The Hall–Kier alpha value is -0.000000000000000111. The smallest absolute Gasteiger partial charge is 0.235 e. The van der Waals surface area contributed by atoms with Gasteiger partial charge in [-0.1, -0.05) is 0 Å². The highest BCUT2D eigenvalue weighted by atomic mass is 35.5. The van der Waals surface area contributed by atoms with Crippen LogP contribution < -0.4 is 5.32 Å². The molecule has 0 saturated carbocycles. The van der Waals surface area contributed by atoms with Crippen LogP contribution in [0.3, 0.4) is 0 Å². The summed E-state index contributed by atoms with van der Waals surface area (Å²) in [5.74, 6) is -0.870. The molecule has 0 rings (SSSR count). The molecule has 0 aromatic carbocycles. The molecule has 84 valence electrons. The fraction of sp³-hybridized carbons (Fsp3) is 0.857. The maximum atomic E-state index is 11.2. The van der Waals surface area contributed by atoms with Crippen molar-refractivity contribution in [3.05, 3.63) is 0 Å². The third kappa shape index (κ3) is 5.67. The molecule has 0 unspecified atom stereocenters. The number of carbonyl (C=O) groups is 1. The lowest BCUT2D eigenvalue weighted by molar-refractivity contribution is -0.119. The number of rotatable bonds is 5. The molecule has 1 N–H and O–H groups in total. The van der Waals surface area contributed by atoms with Crippen molar-refractivity contribution < 1.29 is 13.2 Å². The van der Waals surface area contributed by atoms with Crippen LogP contribution in [0.5, 0.6) is 0 Å². The maximum Gasteiger partial charge on any atom is 0.235 e. The summed E-state index contributed by atoms with van der Waals surface area (Å²) in [6.07, 6.45) is 0.991. The van der Waals surface area contributed by atoms with Gasteiger partial charge in [-0.05, 0) is 6.92 Å². The van der Waals surface area contributed by atoms with Gasteiger partial charge in [0.1, 0.15) is 5.75 Å². The number of hydrogen-bond acceptors (Lipinski definition) is 3. The summed E-state index contributed by atoms with van der Waals surface area (Å²) >= 11 is 11.2. The minimum Gasteiger partial charge on any atom is -0.348 e. The number of halogens is 2. The van der Waals surface area contributed by atoms with Crippen LogP contribution >= 0.6 is 23.2 Å². The Kier molecular flexibility index (Phi) is 5.19. The summed E-state index contributed by atoms with van der Waals surface area (Å²) in [6.45, 7) is 1.65. The Labute approximate surface area is 93.9 Å². The lowest BCUT2D eigenvalue weighted by Crippen LogP contribution is -2.50. The highest BCUT2D eigenvalue weighted by Crippen LogP contribution is 2.08. The zero-order chi connectivity index (χ0) is 11.4. The van der Waals surface area contributed by atoms with Crippen LogP contribution in [0, 0.1) is 0 Å². The Morgan fingerprint density at radius 3 is 2.07 bits per heavy atom. The number of carbonyl (C=O) groups excluding carboxylic acids is 1. The normalized spacial score (nSPS) is 12.6. The van der Waals surface area contributed by atoms with Crippen molar-refractivity contribution in [3.8, 4) is 0 Å². The highest BCUT2D eigenvalue weighted by Gasteiger charge is 2.25. The van der Waals surface area contributed by atoms with E-state index >= 15 is 0 Å². The molecule has 7 heteroatoms. The van der Waals surface area contributed by atoms with Crippen molar-refractivity contribution in [2.24, 2.45) is 0 Å². The molecule has 0 aliphatic rings. The first-order valence-electron chi connectivity index (χ1n) is 3.83. The number of hydrogen-bond donors (Lipinski definition) is 1. The molecule has 0 fully saturated rings. The zero-order valence-electron chi connectivity index (χ0n) is 8.01. The minimum atomic E-state index is -3.31. The molecular formula is C7H13Cl2NO3S. The Morgan fingerprint density at radius 2 is 1.79 bits per heavy atom. The van der Waals surface area contributed by atoms with E-state index in [1.807, 2.05) is 0 Å². The Bertz CT molecular complexity index is 298. The van der Waals surface area contributed by atoms with Crippen molar-refractivity contribution in [3.63, 3.8) is 0 Å². The van der Waals surface area contributed by atoms with Gasteiger partial charge in [-0.3, -0.25) is 4.79 Å². The monoisotopic (exact) mass is 261 g/mol. The van der Waals surface area contributed by atoms with Gasteiger partial charge in [-0.15, -0.1) is 23.2 Å². The largest absolute Gasteiger partial charge is 0.348 e. The zero-order valence-corrected chi connectivity index (χ0v) is 10.3. The molecule has 0 atom stereocenters. The molecule has 0 radical (unpaired) electrons. The molecule has 0 heterocycles. The van der Waals surface area contributed by atoms with Gasteiger partial charge in [0, 0.05) is 18.0 Å². The molecule has 0 aromatic heterocycles. The van der Waals surface area contributed by atoms with Crippen LogP contribution in [0.25, 0.3) is 0 Å². The van der Waals surface area contributed by atoms with Crippen molar-refractivity contribution in [1.82, 2.24) is 5.32 Å². The van der Waals surface area contributed by atoms with Crippen molar-refractivity contribution in [2.75, 3.05) is 23.8 Å². The summed E-state index contributed by atoms with van der Waals surface area (Å²) in [4.78, 5) is 11.2. The van der Waals surface area contributed by atoms with Gasteiger partial charge in [0.15, 0.2) is 9.84 Å². The first-order valence-corrected chi connectivity index (χ1v) is 6.96. The van der Waals surface area contributed by atoms with Gasteiger partial charge in [-0.25, -0.2) is 8.42 Å². The predicted octanol–water partition coefficient (Wildman–Crippen LogP) is 0.384. The van der Waals surface area contributed by atoms with E-state index in [1.165, 1.54) is 0 Å². The molecule has 0 bridgehead atoms. The SMILES string of the molecule is CC(CCl)(CCl)NC(=O)CS(C)(=O)=O. The third-order valence-electron chi connectivity index (χ3n) is 1.42. The number of nitrogens with one attached hydrogen (secondary N) is 1. The average Bonchev–Trinajstić information content (AvgIpc) is 2.00. The van der Waals surface area contributed by atoms with E-state index in [4.69, 9.17) is 23.2 Å². The van der Waals surface area contributed by atoms with Gasteiger partial charge in [0.25, 0.3) is 0 Å². The van der Waals surface area contributed by atoms with Crippen LogP contribution in [0.1, 0.15) is 6.92 Å². The molecule has 14 heavy (non-hydrogen) atoms. The first kappa shape index (κ1) is 14.0. The second-order valence-electron chi connectivity index (χ2n) is 3.45. The minimum absolute atomic E-state index is 0.131. The molecular weight excluding hydrogens is 249 g/mol. The third-order valence-corrected chi connectivity index (χ3v) is 3.39. The Morgan fingerprint density at radius 1 is 1.36 bits per heavy atom. The van der Waals surface area contributed by atoms with Gasteiger partial charge < -0.3 is 5.32 Å². The van der Waals surface area contributed by atoms with E-state index in [-0.39, 0.29) is 11.8 Å². The fourth-order valence-electron chi connectivity index (χ4n) is 0.713. The average molecular weight is 262 g/mol. The summed E-state index contributed by atoms with van der Waals surface area (Å²) in [6, 6.07) is 0.